The molecule has 0 spiro atoms. The van der Waals surface area contributed by atoms with Gasteiger partial charge in [0.15, 0.2) is 21.3 Å². The van der Waals surface area contributed by atoms with Gasteiger partial charge < -0.3 is 14.6 Å². The van der Waals surface area contributed by atoms with Crippen LogP contribution in [0.2, 0.25) is 5.02 Å². The molecule has 0 radical (unpaired) electrons. The van der Waals surface area contributed by atoms with Crippen molar-refractivity contribution in [2.24, 2.45) is 5.92 Å². The number of benzene rings is 2. The second-order valence-electron chi connectivity index (χ2n) is 5.95. The van der Waals surface area contributed by atoms with Crippen LogP contribution in [0.3, 0.4) is 0 Å². The normalized spacial score (nSPS) is 24.8. The van der Waals surface area contributed by atoms with Crippen LogP contribution in [-0.4, -0.2) is 32.2 Å². The van der Waals surface area contributed by atoms with Gasteiger partial charge in [0.2, 0.25) is 6.79 Å². The van der Waals surface area contributed by atoms with Gasteiger partial charge in [0, 0.05) is 23.5 Å². The SMILES string of the molecule is O=S(=O)(c1ccc(Cl)cc1)[C@@H]1[C@@H](CO)[C@H]1c1ccc2c(c1)OCO2. The molecule has 2 aromatic rings. The van der Waals surface area contributed by atoms with Gasteiger partial charge in [-0.25, -0.2) is 8.42 Å². The summed E-state index contributed by atoms with van der Waals surface area (Å²) in [6.07, 6.45) is 0. The molecule has 24 heavy (non-hydrogen) atoms. The van der Waals surface area contributed by atoms with Crippen LogP contribution < -0.4 is 9.47 Å². The Morgan fingerprint density at radius 3 is 2.50 bits per heavy atom. The number of rotatable bonds is 4. The maximum Gasteiger partial charge on any atom is 0.231 e. The Hall–Kier alpha value is -1.76. The Bertz CT molecular complexity index is 878. The summed E-state index contributed by atoms with van der Waals surface area (Å²) in [6, 6.07) is 11.5. The van der Waals surface area contributed by atoms with Gasteiger partial charge in [0.25, 0.3) is 0 Å². The fourth-order valence-corrected chi connectivity index (χ4v) is 5.65. The fourth-order valence-electron chi connectivity index (χ4n) is 3.32. The summed E-state index contributed by atoms with van der Waals surface area (Å²) in [5, 5.41) is 9.45. The van der Waals surface area contributed by atoms with Crippen molar-refractivity contribution in [1.82, 2.24) is 0 Å². The van der Waals surface area contributed by atoms with E-state index < -0.39 is 15.1 Å². The summed E-state index contributed by atoms with van der Waals surface area (Å²) in [5.41, 5.74) is 0.834. The Morgan fingerprint density at radius 2 is 1.79 bits per heavy atom. The van der Waals surface area contributed by atoms with Crippen molar-refractivity contribution in [3.8, 4) is 11.5 Å². The quantitative estimate of drug-likeness (QED) is 0.900. The third kappa shape index (κ3) is 2.46. The standard InChI is InChI=1S/C17H15ClO5S/c18-11-2-4-12(5-3-11)24(20,21)17-13(8-19)16(17)10-1-6-14-15(7-10)23-9-22-14/h1-7,13,16-17,19H,8-9H2/t13-,16+,17+/m0/s1. The van der Waals surface area contributed by atoms with Crippen LogP contribution in [0.25, 0.3) is 0 Å². The summed E-state index contributed by atoms with van der Waals surface area (Å²) in [4.78, 5) is 0.221. The van der Waals surface area contributed by atoms with Gasteiger partial charge in [-0.3, -0.25) is 0 Å². The van der Waals surface area contributed by atoms with Gasteiger partial charge in [-0.2, -0.15) is 0 Å². The van der Waals surface area contributed by atoms with E-state index in [0.717, 1.165) is 5.56 Å². The van der Waals surface area contributed by atoms with Gasteiger partial charge in [-0.1, -0.05) is 17.7 Å². The molecule has 1 aliphatic carbocycles. The molecule has 2 aliphatic rings. The molecule has 1 N–H and O–H groups in total. The van der Waals surface area contributed by atoms with Crippen molar-refractivity contribution in [2.45, 2.75) is 16.1 Å². The first kappa shape index (κ1) is 15.7. The second kappa shape index (κ2) is 5.65. The predicted molar refractivity (Wildman–Crippen MR) is 88.3 cm³/mol. The molecule has 1 fully saturated rings. The van der Waals surface area contributed by atoms with Gasteiger partial charge >= 0.3 is 0 Å². The van der Waals surface area contributed by atoms with E-state index in [0.29, 0.717) is 16.5 Å². The molecule has 1 aliphatic heterocycles. The molecule has 0 saturated heterocycles. The number of halogens is 1. The van der Waals surface area contributed by atoms with Crippen LogP contribution in [-0.2, 0) is 9.84 Å². The van der Waals surface area contributed by atoms with Gasteiger partial charge in [-0.15, -0.1) is 0 Å². The Labute approximate surface area is 144 Å². The molecule has 1 heterocycles. The lowest BCUT2D eigenvalue weighted by Crippen LogP contribution is -2.11. The predicted octanol–water partition coefficient (Wildman–Crippen LogP) is 2.62. The summed E-state index contributed by atoms with van der Waals surface area (Å²) < 4.78 is 36.4. The number of sulfone groups is 1. The first-order valence-corrected chi connectivity index (χ1v) is 9.44. The lowest BCUT2D eigenvalue weighted by molar-refractivity contribution is 0.174. The lowest BCUT2D eigenvalue weighted by Gasteiger charge is -2.05. The minimum atomic E-state index is -3.55. The highest BCUT2D eigenvalue weighted by Gasteiger charge is 2.58. The molecular formula is C17H15ClO5S. The Balaban J connectivity index is 1.67. The van der Waals surface area contributed by atoms with Crippen molar-refractivity contribution in [2.75, 3.05) is 13.4 Å². The number of fused-ring (bicyclic) bond motifs is 1. The zero-order valence-corrected chi connectivity index (χ0v) is 14.1. The van der Waals surface area contributed by atoms with E-state index in [1.807, 2.05) is 6.07 Å². The highest BCUT2D eigenvalue weighted by molar-refractivity contribution is 7.92. The van der Waals surface area contributed by atoms with Crippen LogP contribution in [0, 0.1) is 5.92 Å². The van der Waals surface area contributed by atoms with Crippen LogP contribution >= 0.6 is 11.6 Å². The van der Waals surface area contributed by atoms with Crippen molar-refractivity contribution < 1.29 is 23.0 Å². The molecular weight excluding hydrogens is 352 g/mol. The van der Waals surface area contributed by atoms with Crippen LogP contribution in [0.15, 0.2) is 47.4 Å². The van der Waals surface area contributed by atoms with E-state index >= 15 is 0 Å². The first-order valence-electron chi connectivity index (χ1n) is 7.52. The van der Waals surface area contributed by atoms with E-state index in [1.54, 1.807) is 24.3 Å². The summed E-state index contributed by atoms with van der Waals surface area (Å²) in [7, 11) is -3.55. The zero-order valence-electron chi connectivity index (χ0n) is 12.6. The number of hydrogen-bond donors (Lipinski definition) is 1. The summed E-state index contributed by atoms with van der Waals surface area (Å²) in [5.74, 6) is 0.673. The molecule has 0 amide bonds. The monoisotopic (exact) mass is 366 g/mol. The summed E-state index contributed by atoms with van der Waals surface area (Å²) >= 11 is 5.83. The van der Waals surface area contributed by atoms with E-state index in [2.05, 4.69) is 0 Å². The van der Waals surface area contributed by atoms with Crippen molar-refractivity contribution >= 4 is 21.4 Å². The van der Waals surface area contributed by atoms with E-state index in [1.165, 1.54) is 12.1 Å². The highest BCUT2D eigenvalue weighted by Crippen LogP contribution is 2.54. The minimum Gasteiger partial charge on any atom is -0.454 e. The summed E-state index contributed by atoms with van der Waals surface area (Å²) in [6.45, 7) is -0.0179. The lowest BCUT2D eigenvalue weighted by atomic mass is 10.1. The van der Waals surface area contributed by atoms with Gasteiger partial charge in [-0.05, 0) is 42.0 Å². The topological polar surface area (TPSA) is 72.8 Å². The van der Waals surface area contributed by atoms with Crippen LogP contribution in [0.4, 0.5) is 0 Å². The molecule has 1 saturated carbocycles. The minimum absolute atomic E-state index is 0.166. The smallest absolute Gasteiger partial charge is 0.231 e. The van der Waals surface area contributed by atoms with Crippen molar-refractivity contribution in [3.63, 3.8) is 0 Å². The van der Waals surface area contributed by atoms with Crippen molar-refractivity contribution in [1.29, 1.82) is 0 Å². The zero-order chi connectivity index (χ0) is 16.9. The third-order valence-corrected chi connectivity index (χ3v) is 7.13. The first-order chi connectivity index (χ1) is 11.5. The van der Waals surface area contributed by atoms with Crippen LogP contribution in [0.5, 0.6) is 11.5 Å². The molecule has 4 rings (SSSR count). The molecule has 126 valence electrons. The molecule has 3 atom stereocenters. The highest BCUT2D eigenvalue weighted by atomic mass is 35.5. The number of ether oxygens (including phenoxy) is 2. The second-order valence-corrected chi connectivity index (χ2v) is 8.49. The molecule has 0 bridgehead atoms. The van der Waals surface area contributed by atoms with E-state index in [-0.39, 0.29) is 30.1 Å². The Kier molecular flexibility index (Phi) is 3.71. The van der Waals surface area contributed by atoms with E-state index in [9.17, 15) is 13.5 Å². The largest absolute Gasteiger partial charge is 0.454 e. The number of aliphatic hydroxyl groups excluding tert-OH is 1. The number of aliphatic hydroxyl groups is 1. The maximum absolute atomic E-state index is 12.9. The van der Waals surface area contributed by atoms with Gasteiger partial charge in [0.1, 0.15) is 0 Å². The third-order valence-electron chi connectivity index (χ3n) is 4.59. The molecule has 2 aromatic carbocycles. The van der Waals surface area contributed by atoms with Gasteiger partial charge in [0.05, 0.1) is 10.1 Å². The molecule has 5 nitrogen and oxygen atoms in total. The average molecular weight is 367 g/mol. The van der Waals surface area contributed by atoms with Crippen molar-refractivity contribution in [3.05, 3.63) is 53.1 Å². The maximum atomic E-state index is 12.9. The molecule has 0 aromatic heterocycles. The Morgan fingerprint density at radius 1 is 1.08 bits per heavy atom. The van der Waals surface area contributed by atoms with Crippen LogP contribution in [0.1, 0.15) is 11.5 Å². The average Bonchev–Trinajstić information content (AvgIpc) is 3.15. The van der Waals surface area contributed by atoms with E-state index in [4.69, 9.17) is 21.1 Å². The molecule has 0 unspecified atom stereocenters. The number of hydrogen-bond acceptors (Lipinski definition) is 5. The molecule has 7 heteroatoms. The fraction of sp³-hybridized carbons (Fsp3) is 0.294.